The summed E-state index contributed by atoms with van der Waals surface area (Å²) in [5.74, 6) is -0.455. The first-order chi connectivity index (χ1) is 17.6. The van der Waals surface area contributed by atoms with Crippen LogP contribution in [0, 0.1) is 156 Å². The van der Waals surface area contributed by atoms with Crippen molar-refractivity contribution in [1.29, 1.82) is 0 Å². The molecule has 3 aliphatic rings. The van der Waals surface area contributed by atoms with Crippen LogP contribution in [0.4, 0.5) is 0 Å². The molecule has 3 aliphatic heterocycles. The zero-order valence-corrected chi connectivity index (χ0v) is 38.1. The van der Waals surface area contributed by atoms with Crippen LogP contribution in [0.1, 0.15) is 41.5 Å². The Balaban J connectivity index is 0.00000507. The molecule has 0 bridgehead atoms. The molecule has 0 saturated carbocycles. The number of ether oxygens (including phenoxy) is 5. The van der Waals surface area contributed by atoms with E-state index in [0.717, 1.165) is 0 Å². The van der Waals surface area contributed by atoms with E-state index in [0.29, 0.717) is 0 Å². The SMILES string of the molecule is CC1[C@H](O[C@H]2C(CO)O[C@@H](C)C(N=[N+]=[N-])[C@H]2O)OC(C)[C@H](O[C@@H]2OC(CO)[C@H](C)[C@H](C)C2N=[N+]=[N-])[C@@H]1C.[Ac].[Ac].[Ac]. The van der Waals surface area contributed by atoms with Crippen LogP contribution in [-0.4, -0.2) is 95.9 Å². The summed E-state index contributed by atoms with van der Waals surface area (Å²) < 4.78 is 30.5. The predicted molar refractivity (Wildman–Crippen MR) is 130 cm³/mol. The van der Waals surface area contributed by atoms with Crippen LogP contribution < -0.4 is 0 Å². The van der Waals surface area contributed by atoms with Crippen LogP contribution in [0.25, 0.3) is 20.9 Å². The van der Waals surface area contributed by atoms with E-state index in [1.165, 1.54) is 0 Å². The van der Waals surface area contributed by atoms with E-state index in [-0.39, 0.29) is 162 Å². The maximum Gasteiger partial charge on any atom is 0.167 e. The molecule has 3 rings (SSSR count). The average molecular weight is 1210 g/mol. The molecule has 219 valence electrons. The van der Waals surface area contributed by atoms with E-state index < -0.39 is 74.0 Å². The molecule has 6 unspecified atom stereocenters. The topological polar surface area (TPSA) is 204 Å². The second-order valence-electron chi connectivity index (χ2n) is 10.5. The van der Waals surface area contributed by atoms with Gasteiger partial charge in [0, 0.05) is 148 Å². The fourth-order valence-corrected chi connectivity index (χ4v) is 5.57. The third-order valence-electron chi connectivity index (χ3n) is 8.37. The molecule has 3 saturated heterocycles. The second kappa shape index (κ2) is 20.0. The zero-order valence-electron chi connectivity index (χ0n) is 23.9. The third-order valence-corrected chi connectivity index (χ3v) is 8.37. The van der Waals surface area contributed by atoms with Gasteiger partial charge in [-0.15, -0.1) is 0 Å². The van der Waals surface area contributed by atoms with Gasteiger partial charge in [-0.2, -0.15) is 0 Å². The standard InChI is InChI=1S/C23H40N6O8.3Ac/c1-9-10(2)17(26-28-24)23(35-15(9)7-30)36-20-11(3)12(4)22(34-14(20)6)37-21-16(8-31)33-13(5)18(19(21)32)27-29-25;;;/h9-23,30-32H,7-8H2,1-6H3;;;/t9-,10+,11-,12?,13+,14?,15?,16?,17?,18?,19-,20-,21+,22+,23+;;;/m1.../s1. The fraction of sp³-hybridized carbons (Fsp3) is 1.00. The summed E-state index contributed by atoms with van der Waals surface area (Å²) in [7, 11) is 0. The van der Waals surface area contributed by atoms with Gasteiger partial charge < -0.3 is 39.0 Å². The van der Waals surface area contributed by atoms with Gasteiger partial charge >= 0.3 is 0 Å². The molecule has 0 amide bonds. The van der Waals surface area contributed by atoms with Crippen molar-refractivity contribution in [2.75, 3.05) is 13.2 Å². The van der Waals surface area contributed by atoms with Crippen molar-refractivity contribution in [3.05, 3.63) is 20.9 Å². The maximum atomic E-state index is 10.9. The first-order valence-electron chi connectivity index (χ1n) is 12.8. The van der Waals surface area contributed by atoms with Gasteiger partial charge in [0.25, 0.3) is 0 Å². The van der Waals surface area contributed by atoms with Gasteiger partial charge in [0.2, 0.25) is 0 Å². The minimum absolute atomic E-state index is 0. The van der Waals surface area contributed by atoms with Crippen molar-refractivity contribution in [1.82, 2.24) is 0 Å². The van der Waals surface area contributed by atoms with Crippen LogP contribution in [0.5, 0.6) is 0 Å². The Hall–Kier alpha value is 2.62. The third kappa shape index (κ3) is 9.81. The Kier molecular flexibility index (Phi) is 21.3. The summed E-state index contributed by atoms with van der Waals surface area (Å²) in [5, 5.41) is 38.1. The normalized spacial score (nSPS) is 44.9. The van der Waals surface area contributed by atoms with Crippen LogP contribution >= 0.6 is 0 Å². The molecular weight excluding hydrogens is 1170 g/mol. The van der Waals surface area contributed by atoms with E-state index in [2.05, 4.69) is 20.1 Å². The molecular formula is C23H40Ac3N6O8. The fourth-order valence-electron chi connectivity index (χ4n) is 5.57. The smallest absolute Gasteiger partial charge is 0.167 e. The largest absolute Gasteiger partial charge is 0.394 e. The second-order valence-corrected chi connectivity index (χ2v) is 10.5. The van der Waals surface area contributed by atoms with Crippen molar-refractivity contribution >= 4 is 0 Å². The molecule has 14 nitrogen and oxygen atoms in total. The molecule has 3 radical (unpaired) electrons. The van der Waals surface area contributed by atoms with Crippen molar-refractivity contribution in [3.8, 4) is 0 Å². The molecule has 0 aromatic carbocycles. The summed E-state index contributed by atoms with van der Waals surface area (Å²) in [5.41, 5.74) is 18.0. The van der Waals surface area contributed by atoms with Crippen LogP contribution in [0.2, 0.25) is 0 Å². The quantitative estimate of drug-likeness (QED) is 0.187. The van der Waals surface area contributed by atoms with E-state index in [1.54, 1.807) is 6.92 Å². The van der Waals surface area contributed by atoms with E-state index in [9.17, 15) is 15.3 Å². The van der Waals surface area contributed by atoms with Gasteiger partial charge in [0.15, 0.2) is 12.6 Å². The Morgan fingerprint density at radius 2 is 1.20 bits per heavy atom. The summed E-state index contributed by atoms with van der Waals surface area (Å²) in [4.78, 5) is 5.78. The van der Waals surface area contributed by atoms with Crippen molar-refractivity contribution in [2.45, 2.75) is 109 Å². The molecule has 0 aromatic rings. The Morgan fingerprint density at radius 3 is 1.75 bits per heavy atom. The van der Waals surface area contributed by atoms with Gasteiger partial charge in [0.05, 0.1) is 55.8 Å². The molecule has 3 heterocycles. The Labute approximate surface area is 342 Å². The molecule has 3 fully saturated rings. The van der Waals surface area contributed by atoms with Crippen LogP contribution in [0.15, 0.2) is 10.2 Å². The van der Waals surface area contributed by atoms with Crippen molar-refractivity contribution < 1.29 is 171 Å². The van der Waals surface area contributed by atoms with Gasteiger partial charge in [-0.1, -0.05) is 37.9 Å². The monoisotopic (exact) mass is 1210 g/mol. The molecule has 40 heavy (non-hydrogen) atoms. The Bertz CT molecular complexity index is 872. The number of rotatable bonds is 8. The first-order valence-corrected chi connectivity index (χ1v) is 12.8. The van der Waals surface area contributed by atoms with Crippen LogP contribution in [0.3, 0.4) is 0 Å². The first kappa shape index (κ1) is 42.6. The van der Waals surface area contributed by atoms with Gasteiger partial charge in [-0.05, 0) is 42.7 Å². The van der Waals surface area contributed by atoms with Crippen molar-refractivity contribution in [2.24, 2.45) is 33.9 Å². The summed E-state index contributed by atoms with van der Waals surface area (Å²) in [6, 6.07) is -1.46. The summed E-state index contributed by atoms with van der Waals surface area (Å²) >= 11 is 0. The van der Waals surface area contributed by atoms with E-state index in [1.807, 2.05) is 34.6 Å². The van der Waals surface area contributed by atoms with Gasteiger partial charge in [-0.25, -0.2) is 0 Å². The number of hydrogen-bond donors (Lipinski definition) is 3. The maximum absolute atomic E-state index is 10.9. The molecule has 3 N–H and O–H groups in total. The molecule has 0 spiro atoms. The van der Waals surface area contributed by atoms with E-state index in [4.69, 9.17) is 34.7 Å². The number of nitrogens with zero attached hydrogens (tertiary/aromatic N) is 6. The van der Waals surface area contributed by atoms with Gasteiger partial charge in [0.1, 0.15) is 12.2 Å². The predicted octanol–water partition coefficient (Wildman–Crippen LogP) is 2.26. The number of azide groups is 2. The summed E-state index contributed by atoms with van der Waals surface area (Å²) in [6.45, 7) is 10.7. The minimum atomic E-state index is -1.20. The van der Waals surface area contributed by atoms with Crippen molar-refractivity contribution in [3.63, 3.8) is 0 Å². The Morgan fingerprint density at radius 1 is 0.650 bits per heavy atom. The molecule has 15 atom stereocenters. The van der Waals surface area contributed by atoms with E-state index >= 15 is 0 Å². The molecule has 0 aliphatic carbocycles. The summed E-state index contributed by atoms with van der Waals surface area (Å²) in [6.07, 6.45) is -6.63. The number of aliphatic hydroxyl groups is 3. The number of aliphatic hydroxyl groups excluding tert-OH is 3. The molecule has 17 heteroatoms. The average Bonchev–Trinajstić information content (AvgIpc) is 2.87. The minimum Gasteiger partial charge on any atom is -0.394 e. The van der Waals surface area contributed by atoms with Gasteiger partial charge in [-0.3, -0.25) is 0 Å². The molecule has 0 aromatic heterocycles. The van der Waals surface area contributed by atoms with Crippen LogP contribution in [-0.2, 0) is 23.7 Å². The zero-order chi connectivity index (χ0) is 27.4. The number of hydrogen-bond acceptors (Lipinski definition) is 10.